The number of carbonyl (C=O) groups is 1. The third kappa shape index (κ3) is 2.54. The quantitative estimate of drug-likeness (QED) is 0.729. The number of H-pyrrole nitrogens is 1. The number of amides is 1. The van der Waals surface area contributed by atoms with E-state index in [0.29, 0.717) is 11.5 Å². The van der Waals surface area contributed by atoms with Gasteiger partial charge in [-0.25, -0.2) is 0 Å². The number of carbonyl (C=O) groups excluding carboxylic acids is 1. The van der Waals surface area contributed by atoms with Gasteiger partial charge in [0.05, 0.1) is 5.39 Å². The Bertz CT molecular complexity index is 605. The second kappa shape index (κ2) is 5.14. The SMILES string of the molecule is O=C(Nc1nc(Cl)nc2[nH]ccc12)C1CCNCC1. The van der Waals surface area contributed by atoms with E-state index in [0.717, 1.165) is 31.3 Å². The summed E-state index contributed by atoms with van der Waals surface area (Å²) in [5.41, 5.74) is 0.626. The minimum absolute atomic E-state index is 0.00114. The van der Waals surface area contributed by atoms with E-state index >= 15 is 0 Å². The molecular formula is C12H14ClN5O. The number of nitrogens with zero attached hydrogens (tertiary/aromatic N) is 2. The summed E-state index contributed by atoms with van der Waals surface area (Å²) in [6.07, 6.45) is 3.44. The smallest absolute Gasteiger partial charge is 0.228 e. The number of aromatic amines is 1. The van der Waals surface area contributed by atoms with E-state index in [1.54, 1.807) is 6.20 Å². The number of fused-ring (bicyclic) bond motifs is 1. The van der Waals surface area contributed by atoms with Crippen LogP contribution >= 0.6 is 11.6 Å². The molecule has 0 saturated carbocycles. The molecule has 0 bridgehead atoms. The Kier molecular flexibility index (Phi) is 3.35. The fourth-order valence-electron chi connectivity index (χ4n) is 2.31. The zero-order chi connectivity index (χ0) is 13.2. The Labute approximate surface area is 115 Å². The molecule has 0 radical (unpaired) electrons. The number of hydrogen-bond donors (Lipinski definition) is 3. The number of nitrogens with one attached hydrogen (secondary N) is 3. The minimum atomic E-state index is -0.00114. The average Bonchev–Trinajstić information content (AvgIpc) is 2.88. The summed E-state index contributed by atoms with van der Waals surface area (Å²) in [6, 6.07) is 1.82. The van der Waals surface area contributed by atoms with Crippen molar-refractivity contribution >= 4 is 34.4 Å². The first kappa shape index (κ1) is 12.4. The summed E-state index contributed by atoms with van der Waals surface area (Å²) < 4.78 is 0. The second-order valence-electron chi connectivity index (χ2n) is 4.59. The molecule has 19 heavy (non-hydrogen) atoms. The second-order valence-corrected chi connectivity index (χ2v) is 4.93. The highest BCUT2D eigenvalue weighted by atomic mass is 35.5. The van der Waals surface area contributed by atoms with Crippen molar-refractivity contribution in [1.29, 1.82) is 0 Å². The Morgan fingerprint density at radius 3 is 2.95 bits per heavy atom. The van der Waals surface area contributed by atoms with Crippen LogP contribution in [0.25, 0.3) is 11.0 Å². The minimum Gasteiger partial charge on any atom is -0.346 e. The van der Waals surface area contributed by atoms with Gasteiger partial charge in [-0.15, -0.1) is 0 Å². The lowest BCUT2D eigenvalue weighted by molar-refractivity contribution is -0.120. The van der Waals surface area contributed by atoms with Gasteiger partial charge in [0.2, 0.25) is 11.2 Å². The van der Waals surface area contributed by atoms with Crippen molar-refractivity contribution in [2.45, 2.75) is 12.8 Å². The molecule has 3 rings (SSSR count). The Morgan fingerprint density at radius 1 is 1.37 bits per heavy atom. The van der Waals surface area contributed by atoms with Crippen LogP contribution in [0.4, 0.5) is 5.82 Å². The van der Waals surface area contributed by atoms with E-state index in [9.17, 15) is 4.79 Å². The van der Waals surface area contributed by atoms with Gasteiger partial charge in [0.1, 0.15) is 11.5 Å². The third-order valence-electron chi connectivity index (χ3n) is 3.34. The van der Waals surface area contributed by atoms with Gasteiger partial charge in [0, 0.05) is 12.1 Å². The van der Waals surface area contributed by atoms with Gasteiger partial charge in [0.25, 0.3) is 0 Å². The summed E-state index contributed by atoms with van der Waals surface area (Å²) in [6.45, 7) is 1.75. The summed E-state index contributed by atoms with van der Waals surface area (Å²) in [4.78, 5) is 23.3. The molecule has 6 nitrogen and oxygen atoms in total. The first-order chi connectivity index (χ1) is 9.24. The molecule has 1 saturated heterocycles. The van der Waals surface area contributed by atoms with Crippen LogP contribution in [0.15, 0.2) is 12.3 Å². The van der Waals surface area contributed by atoms with Crippen LogP contribution in [0.3, 0.4) is 0 Å². The summed E-state index contributed by atoms with van der Waals surface area (Å²) >= 11 is 5.85. The van der Waals surface area contributed by atoms with E-state index in [4.69, 9.17) is 11.6 Å². The van der Waals surface area contributed by atoms with Crippen LogP contribution in [0.5, 0.6) is 0 Å². The van der Waals surface area contributed by atoms with Gasteiger partial charge in [-0.3, -0.25) is 4.79 Å². The molecule has 0 atom stereocenters. The molecule has 0 spiro atoms. The average molecular weight is 280 g/mol. The molecule has 2 aromatic rings. The van der Waals surface area contributed by atoms with Crippen LogP contribution in [-0.2, 0) is 4.79 Å². The molecule has 100 valence electrons. The predicted molar refractivity (Wildman–Crippen MR) is 73.1 cm³/mol. The van der Waals surface area contributed by atoms with Crippen LogP contribution in [-0.4, -0.2) is 33.9 Å². The van der Waals surface area contributed by atoms with Crippen molar-refractivity contribution in [3.63, 3.8) is 0 Å². The lowest BCUT2D eigenvalue weighted by Crippen LogP contribution is -2.34. The van der Waals surface area contributed by atoms with Gasteiger partial charge >= 0.3 is 0 Å². The van der Waals surface area contributed by atoms with Crippen molar-refractivity contribution < 1.29 is 4.79 Å². The fourth-order valence-corrected chi connectivity index (χ4v) is 2.48. The Morgan fingerprint density at radius 2 is 2.16 bits per heavy atom. The van der Waals surface area contributed by atoms with Gasteiger partial charge in [-0.2, -0.15) is 9.97 Å². The van der Waals surface area contributed by atoms with E-state index in [2.05, 4.69) is 25.6 Å². The van der Waals surface area contributed by atoms with Crippen LogP contribution in [0.2, 0.25) is 5.28 Å². The first-order valence-corrected chi connectivity index (χ1v) is 6.64. The number of anilines is 1. The summed E-state index contributed by atoms with van der Waals surface area (Å²) in [5.74, 6) is 0.502. The number of hydrogen-bond acceptors (Lipinski definition) is 4. The fraction of sp³-hybridized carbons (Fsp3) is 0.417. The molecule has 3 N–H and O–H groups in total. The zero-order valence-corrected chi connectivity index (χ0v) is 11.0. The van der Waals surface area contributed by atoms with Crippen molar-refractivity contribution in [1.82, 2.24) is 20.3 Å². The standard InChI is InChI=1S/C12H14ClN5O/c13-12-17-9-8(3-6-15-9)10(18-12)16-11(19)7-1-4-14-5-2-7/h3,6-7,14H,1-2,4-5H2,(H2,15,16,17,18,19). The van der Waals surface area contributed by atoms with E-state index in [-0.39, 0.29) is 17.1 Å². The van der Waals surface area contributed by atoms with Crippen molar-refractivity contribution in [2.75, 3.05) is 18.4 Å². The number of rotatable bonds is 2. The lowest BCUT2D eigenvalue weighted by Gasteiger charge is -2.21. The highest BCUT2D eigenvalue weighted by Crippen LogP contribution is 2.22. The molecule has 7 heteroatoms. The molecule has 3 heterocycles. The molecule has 1 aliphatic rings. The normalized spacial score (nSPS) is 16.7. The number of halogens is 1. The predicted octanol–water partition coefficient (Wildman–Crippen LogP) is 1.55. The van der Waals surface area contributed by atoms with Gasteiger partial charge in [0.15, 0.2) is 0 Å². The largest absolute Gasteiger partial charge is 0.346 e. The molecule has 0 aromatic carbocycles. The summed E-state index contributed by atoms with van der Waals surface area (Å²) in [5, 5.41) is 6.99. The highest BCUT2D eigenvalue weighted by Gasteiger charge is 2.22. The van der Waals surface area contributed by atoms with Gasteiger partial charge in [-0.1, -0.05) is 0 Å². The third-order valence-corrected chi connectivity index (χ3v) is 3.51. The van der Waals surface area contributed by atoms with Crippen molar-refractivity contribution in [2.24, 2.45) is 5.92 Å². The highest BCUT2D eigenvalue weighted by molar-refractivity contribution is 6.28. The lowest BCUT2D eigenvalue weighted by atomic mass is 9.97. The topological polar surface area (TPSA) is 82.7 Å². The van der Waals surface area contributed by atoms with Crippen LogP contribution in [0, 0.1) is 5.92 Å². The zero-order valence-electron chi connectivity index (χ0n) is 10.2. The Balaban J connectivity index is 1.84. The molecule has 1 fully saturated rings. The Hall–Kier alpha value is -1.66. The van der Waals surface area contributed by atoms with Crippen molar-refractivity contribution in [3.05, 3.63) is 17.5 Å². The van der Waals surface area contributed by atoms with Crippen LogP contribution in [0.1, 0.15) is 12.8 Å². The molecule has 1 aliphatic heterocycles. The van der Waals surface area contributed by atoms with Gasteiger partial charge < -0.3 is 15.6 Å². The van der Waals surface area contributed by atoms with Crippen molar-refractivity contribution in [3.8, 4) is 0 Å². The maximum absolute atomic E-state index is 12.2. The van der Waals surface area contributed by atoms with Gasteiger partial charge in [-0.05, 0) is 43.6 Å². The molecule has 0 unspecified atom stereocenters. The molecule has 1 amide bonds. The van der Waals surface area contributed by atoms with E-state index < -0.39 is 0 Å². The first-order valence-electron chi connectivity index (χ1n) is 6.26. The van der Waals surface area contributed by atoms with Crippen LogP contribution < -0.4 is 10.6 Å². The van der Waals surface area contributed by atoms with E-state index in [1.165, 1.54) is 0 Å². The molecular weight excluding hydrogens is 266 g/mol. The number of aromatic nitrogens is 3. The molecule has 0 aliphatic carbocycles. The summed E-state index contributed by atoms with van der Waals surface area (Å²) in [7, 11) is 0. The number of piperidine rings is 1. The molecule has 2 aromatic heterocycles. The maximum atomic E-state index is 12.2. The van der Waals surface area contributed by atoms with E-state index in [1.807, 2.05) is 6.07 Å². The monoisotopic (exact) mass is 279 g/mol. The maximum Gasteiger partial charge on any atom is 0.228 e.